The number of rotatable bonds is 3. The first-order chi connectivity index (χ1) is 9.68. The summed E-state index contributed by atoms with van der Waals surface area (Å²) in [6.45, 7) is 3.81. The van der Waals surface area contributed by atoms with Gasteiger partial charge < -0.3 is 9.84 Å². The number of carbonyl (C=O) groups is 1. The summed E-state index contributed by atoms with van der Waals surface area (Å²) in [5.41, 5.74) is 0.534. The van der Waals surface area contributed by atoms with Gasteiger partial charge in [-0.25, -0.2) is 4.79 Å². The first-order valence-electron chi connectivity index (χ1n) is 7.02. The smallest absolute Gasteiger partial charge is 0.339 e. The third kappa shape index (κ3) is 1.85. The van der Waals surface area contributed by atoms with E-state index >= 15 is 0 Å². The third-order valence-corrected chi connectivity index (χ3v) is 4.31. The molecule has 3 heteroatoms. The number of carbonyl (C=O) groups excluding carboxylic acids is 1. The molecule has 3 rings (SSSR count). The zero-order valence-corrected chi connectivity index (χ0v) is 11.3. The summed E-state index contributed by atoms with van der Waals surface area (Å²) in [4.78, 5) is 12.2. The van der Waals surface area contributed by atoms with E-state index in [0.29, 0.717) is 18.4 Å². The SMILES string of the molecule is C=CC(C1=C(O)C2(CCCC2)OC1=O)c1ccccc1. The second-order valence-electron chi connectivity index (χ2n) is 5.48. The number of esters is 1. The maximum atomic E-state index is 12.2. The zero-order chi connectivity index (χ0) is 14.2. The number of allylic oxidation sites excluding steroid dienone is 1. The molecule has 1 aromatic carbocycles. The molecule has 0 bridgehead atoms. The summed E-state index contributed by atoms with van der Waals surface area (Å²) in [6.07, 6.45) is 5.08. The van der Waals surface area contributed by atoms with Crippen LogP contribution in [0.2, 0.25) is 0 Å². The van der Waals surface area contributed by atoms with Crippen LogP contribution in [0, 0.1) is 0 Å². The Kier molecular flexibility index (Phi) is 3.13. The second kappa shape index (κ2) is 4.82. The number of hydrogen-bond acceptors (Lipinski definition) is 3. The van der Waals surface area contributed by atoms with Gasteiger partial charge in [-0.1, -0.05) is 36.4 Å². The molecule has 1 unspecified atom stereocenters. The van der Waals surface area contributed by atoms with E-state index in [9.17, 15) is 9.90 Å². The van der Waals surface area contributed by atoms with Crippen LogP contribution >= 0.6 is 0 Å². The van der Waals surface area contributed by atoms with Gasteiger partial charge >= 0.3 is 5.97 Å². The zero-order valence-electron chi connectivity index (χ0n) is 11.3. The van der Waals surface area contributed by atoms with E-state index < -0.39 is 11.6 Å². The average Bonchev–Trinajstić information content (AvgIpc) is 3.02. The molecule has 1 fully saturated rings. The lowest BCUT2D eigenvalue weighted by Gasteiger charge is -2.21. The molecule has 0 saturated heterocycles. The van der Waals surface area contributed by atoms with Crippen LogP contribution < -0.4 is 0 Å². The summed E-state index contributed by atoms with van der Waals surface area (Å²) < 4.78 is 5.53. The number of benzene rings is 1. The lowest BCUT2D eigenvalue weighted by molar-refractivity contribution is -0.147. The minimum absolute atomic E-state index is 0.119. The van der Waals surface area contributed by atoms with E-state index in [0.717, 1.165) is 18.4 Å². The molecule has 1 aliphatic carbocycles. The van der Waals surface area contributed by atoms with Crippen molar-refractivity contribution in [1.29, 1.82) is 0 Å². The van der Waals surface area contributed by atoms with Crippen LogP contribution in [-0.4, -0.2) is 16.7 Å². The van der Waals surface area contributed by atoms with Crippen LogP contribution in [0.3, 0.4) is 0 Å². The maximum absolute atomic E-state index is 12.2. The largest absolute Gasteiger partial charge is 0.507 e. The standard InChI is InChI=1S/C17H18O3/c1-2-13(12-8-4-3-5-9-12)14-15(18)17(20-16(14)19)10-6-7-11-17/h2-5,8-9,13,18H,1,6-7,10-11H2. The molecule has 0 amide bonds. The quantitative estimate of drug-likeness (QED) is 0.673. The molecular weight excluding hydrogens is 252 g/mol. The van der Waals surface area contributed by atoms with E-state index in [-0.39, 0.29) is 11.7 Å². The number of aliphatic hydroxyl groups excluding tert-OH is 1. The van der Waals surface area contributed by atoms with Crippen LogP contribution in [0.15, 0.2) is 54.3 Å². The molecule has 104 valence electrons. The molecule has 20 heavy (non-hydrogen) atoms. The topological polar surface area (TPSA) is 46.5 Å². The fourth-order valence-electron chi connectivity index (χ4n) is 3.26. The second-order valence-corrected chi connectivity index (χ2v) is 5.48. The molecule has 3 nitrogen and oxygen atoms in total. The van der Waals surface area contributed by atoms with Crippen molar-refractivity contribution >= 4 is 5.97 Å². The number of ether oxygens (including phenoxy) is 1. The molecule has 2 aliphatic rings. The van der Waals surface area contributed by atoms with Gasteiger partial charge in [0.25, 0.3) is 0 Å². The van der Waals surface area contributed by atoms with Crippen LogP contribution in [0.4, 0.5) is 0 Å². The normalized spacial score (nSPS) is 22.1. The number of aliphatic hydroxyl groups is 1. The highest BCUT2D eigenvalue weighted by Gasteiger charge is 2.51. The van der Waals surface area contributed by atoms with E-state index in [1.165, 1.54) is 0 Å². The van der Waals surface area contributed by atoms with E-state index in [1.54, 1.807) is 6.08 Å². The summed E-state index contributed by atoms with van der Waals surface area (Å²) in [7, 11) is 0. The summed E-state index contributed by atoms with van der Waals surface area (Å²) in [5, 5.41) is 10.6. The van der Waals surface area contributed by atoms with Crippen LogP contribution in [0.25, 0.3) is 0 Å². The van der Waals surface area contributed by atoms with Gasteiger partial charge in [-0.2, -0.15) is 0 Å². The minimum atomic E-state index is -0.761. The van der Waals surface area contributed by atoms with E-state index in [4.69, 9.17) is 4.74 Å². The van der Waals surface area contributed by atoms with Gasteiger partial charge in [0.2, 0.25) is 0 Å². The first kappa shape index (κ1) is 13.0. The van der Waals surface area contributed by atoms with Crippen molar-refractivity contribution in [2.24, 2.45) is 0 Å². The van der Waals surface area contributed by atoms with Gasteiger partial charge in [0.1, 0.15) is 5.76 Å². The van der Waals surface area contributed by atoms with Crippen molar-refractivity contribution in [2.75, 3.05) is 0 Å². The lowest BCUT2D eigenvalue weighted by atomic mass is 9.87. The van der Waals surface area contributed by atoms with Crippen LogP contribution in [0.5, 0.6) is 0 Å². The van der Waals surface area contributed by atoms with E-state index in [1.807, 2.05) is 30.3 Å². The van der Waals surface area contributed by atoms with Gasteiger partial charge in [-0.3, -0.25) is 0 Å². The molecule has 1 aromatic rings. The Labute approximate surface area is 118 Å². The molecule has 0 aromatic heterocycles. The molecule has 1 heterocycles. The Bertz CT molecular complexity index is 565. The predicted octanol–water partition coefficient (Wildman–Crippen LogP) is 3.64. The van der Waals surface area contributed by atoms with E-state index in [2.05, 4.69) is 6.58 Å². The summed E-state index contributed by atoms with van der Waals surface area (Å²) in [5.74, 6) is -0.601. The van der Waals surface area contributed by atoms with Gasteiger partial charge in [0.15, 0.2) is 5.60 Å². The Morgan fingerprint density at radius 3 is 2.50 bits per heavy atom. The average molecular weight is 270 g/mol. The molecule has 0 radical (unpaired) electrons. The van der Waals surface area contributed by atoms with Crippen LogP contribution in [0.1, 0.15) is 37.2 Å². The van der Waals surface area contributed by atoms with Gasteiger partial charge in [-0.15, -0.1) is 6.58 Å². The third-order valence-electron chi connectivity index (χ3n) is 4.31. The number of hydrogen-bond donors (Lipinski definition) is 1. The Morgan fingerprint density at radius 1 is 1.25 bits per heavy atom. The predicted molar refractivity (Wildman–Crippen MR) is 76.3 cm³/mol. The fraction of sp³-hybridized carbons (Fsp3) is 0.353. The Morgan fingerprint density at radius 2 is 1.90 bits per heavy atom. The van der Waals surface area contributed by atoms with Gasteiger partial charge in [0, 0.05) is 5.92 Å². The highest BCUT2D eigenvalue weighted by Crippen LogP contribution is 2.47. The summed E-state index contributed by atoms with van der Waals surface area (Å²) >= 11 is 0. The first-order valence-corrected chi connectivity index (χ1v) is 7.02. The Balaban J connectivity index is 2.05. The highest BCUT2D eigenvalue weighted by molar-refractivity contribution is 5.94. The lowest BCUT2D eigenvalue weighted by Crippen LogP contribution is -2.27. The molecular formula is C17H18O3. The van der Waals surface area contributed by atoms with Crippen molar-refractivity contribution in [3.63, 3.8) is 0 Å². The molecule has 1 N–H and O–H groups in total. The van der Waals surface area contributed by atoms with Crippen molar-refractivity contribution in [1.82, 2.24) is 0 Å². The minimum Gasteiger partial charge on any atom is -0.507 e. The highest BCUT2D eigenvalue weighted by atomic mass is 16.6. The molecule has 1 saturated carbocycles. The molecule has 1 aliphatic heterocycles. The van der Waals surface area contributed by atoms with Crippen molar-refractivity contribution in [3.05, 3.63) is 59.9 Å². The van der Waals surface area contributed by atoms with Crippen molar-refractivity contribution in [3.8, 4) is 0 Å². The summed E-state index contributed by atoms with van der Waals surface area (Å²) in [6, 6.07) is 9.60. The van der Waals surface area contributed by atoms with Crippen LogP contribution in [-0.2, 0) is 9.53 Å². The van der Waals surface area contributed by atoms with Crippen molar-refractivity contribution in [2.45, 2.75) is 37.2 Å². The molecule has 1 atom stereocenters. The monoisotopic (exact) mass is 270 g/mol. The van der Waals surface area contributed by atoms with Crippen molar-refractivity contribution < 1.29 is 14.6 Å². The van der Waals surface area contributed by atoms with Gasteiger partial charge in [-0.05, 0) is 31.2 Å². The fourth-order valence-corrected chi connectivity index (χ4v) is 3.26. The Hall–Kier alpha value is -2.03. The maximum Gasteiger partial charge on any atom is 0.339 e. The van der Waals surface area contributed by atoms with Gasteiger partial charge in [0.05, 0.1) is 5.57 Å². The molecule has 1 spiro atoms.